The summed E-state index contributed by atoms with van der Waals surface area (Å²) in [5, 5.41) is 6.84. The fourth-order valence-corrected chi connectivity index (χ4v) is 7.58. The van der Waals surface area contributed by atoms with E-state index in [0.717, 1.165) is 60.8 Å². The van der Waals surface area contributed by atoms with Crippen molar-refractivity contribution in [2.24, 2.45) is 0 Å². The minimum atomic E-state index is 0.626. The number of aromatic nitrogens is 1. The van der Waals surface area contributed by atoms with Gasteiger partial charge in [0, 0.05) is 27.7 Å². The molecule has 0 aliphatic heterocycles. The van der Waals surface area contributed by atoms with Crippen LogP contribution in [0, 0.1) is 0 Å². The van der Waals surface area contributed by atoms with Crippen molar-refractivity contribution in [1.82, 2.24) is 4.98 Å². The highest BCUT2D eigenvalue weighted by Crippen LogP contribution is 2.45. The fourth-order valence-electron chi connectivity index (χ4n) is 7.58. The fraction of sp³-hybridized carbons (Fsp3) is 0. The number of anilines is 3. The van der Waals surface area contributed by atoms with E-state index in [0.29, 0.717) is 5.89 Å². The highest BCUT2D eigenvalue weighted by molar-refractivity contribution is 6.22. The minimum absolute atomic E-state index is 0.626. The lowest BCUT2D eigenvalue weighted by atomic mass is 9.92. The zero-order valence-electron chi connectivity index (χ0n) is 28.3. The number of benzene rings is 9. The quantitative estimate of drug-likeness (QED) is 0.166. The van der Waals surface area contributed by atoms with Crippen LogP contribution in [-0.2, 0) is 0 Å². The lowest BCUT2D eigenvalue weighted by Crippen LogP contribution is -2.10. The average Bonchev–Trinajstić information content (AvgIpc) is 3.67. The smallest absolute Gasteiger partial charge is 0.227 e. The Bertz CT molecular complexity index is 2870. The largest absolute Gasteiger partial charge is 0.435 e. The van der Waals surface area contributed by atoms with Gasteiger partial charge < -0.3 is 9.32 Å². The van der Waals surface area contributed by atoms with E-state index in [1.807, 2.05) is 30.3 Å². The van der Waals surface area contributed by atoms with E-state index in [2.05, 4.69) is 169 Å². The molecule has 3 heteroatoms. The molecule has 1 heterocycles. The van der Waals surface area contributed by atoms with E-state index in [1.54, 1.807) is 0 Å². The summed E-state index contributed by atoms with van der Waals surface area (Å²) in [4.78, 5) is 7.32. The number of nitrogens with zero attached hydrogens (tertiary/aromatic N) is 2. The summed E-state index contributed by atoms with van der Waals surface area (Å²) >= 11 is 0. The maximum atomic E-state index is 6.61. The van der Waals surface area contributed by atoms with Gasteiger partial charge in [0.2, 0.25) is 5.89 Å². The first-order chi connectivity index (χ1) is 25.8. The molecular weight excluding hydrogens is 633 g/mol. The van der Waals surface area contributed by atoms with Crippen LogP contribution in [0.5, 0.6) is 0 Å². The van der Waals surface area contributed by atoms with Crippen molar-refractivity contribution in [1.29, 1.82) is 0 Å². The van der Waals surface area contributed by atoms with Crippen molar-refractivity contribution in [3.63, 3.8) is 0 Å². The molecule has 1 aromatic heterocycles. The second-order valence-electron chi connectivity index (χ2n) is 13.2. The molecule has 0 aliphatic rings. The molecule has 9 aromatic carbocycles. The normalized spacial score (nSPS) is 11.5. The summed E-state index contributed by atoms with van der Waals surface area (Å²) in [6, 6.07) is 68.8. The lowest BCUT2D eigenvalue weighted by Gasteiger charge is -2.28. The Hall–Kier alpha value is -6.97. The van der Waals surface area contributed by atoms with Crippen LogP contribution in [-0.4, -0.2) is 4.98 Å². The standard InChI is InChI=1S/C49H32N2O/c1-4-13-33(14-5-1)34-23-26-39(27-24-34)51(46-22-12-20-35-17-10-11-21-41(35)46)40-28-29-42-44(32-40)43(36-15-6-2-7-16-36)31-38-25-30-45-48(47(38)42)52-49(50-45)37-18-8-3-9-19-37/h1-32H. The van der Waals surface area contributed by atoms with Crippen LogP contribution in [0.4, 0.5) is 17.1 Å². The number of fused-ring (bicyclic) bond motifs is 6. The van der Waals surface area contributed by atoms with E-state index in [1.165, 1.54) is 27.5 Å². The maximum Gasteiger partial charge on any atom is 0.227 e. The van der Waals surface area contributed by atoms with Crippen LogP contribution in [0.25, 0.3) is 77.1 Å². The molecule has 0 radical (unpaired) electrons. The Balaban J connectivity index is 1.23. The van der Waals surface area contributed by atoms with Gasteiger partial charge in [-0.05, 0) is 98.4 Å². The van der Waals surface area contributed by atoms with Crippen LogP contribution in [0.15, 0.2) is 199 Å². The molecule has 10 rings (SSSR count). The molecule has 3 nitrogen and oxygen atoms in total. The Morgan fingerprint density at radius 2 is 1.04 bits per heavy atom. The zero-order valence-corrected chi connectivity index (χ0v) is 28.3. The van der Waals surface area contributed by atoms with Gasteiger partial charge in [0.15, 0.2) is 5.58 Å². The topological polar surface area (TPSA) is 29.3 Å². The third kappa shape index (κ3) is 5.10. The molecule has 0 amide bonds. The second-order valence-corrected chi connectivity index (χ2v) is 13.2. The highest BCUT2D eigenvalue weighted by atomic mass is 16.3. The molecule has 0 atom stereocenters. The lowest BCUT2D eigenvalue weighted by molar-refractivity contribution is 0.623. The van der Waals surface area contributed by atoms with Crippen molar-refractivity contribution in [3.05, 3.63) is 194 Å². The van der Waals surface area contributed by atoms with Crippen LogP contribution in [0.1, 0.15) is 0 Å². The highest BCUT2D eigenvalue weighted by Gasteiger charge is 2.20. The number of hydrogen-bond donors (Lipinski definition) is 0. The van der Waals surface area contributed by atoms with E-state index in [4.69, 9.17) is 9.40 Å². The molecule has 0 aliphatic carbocycles. The van der Waals surface area contributed by atoms with E-state index >= 15 is 0 Å². The first-order valence-corrected chi connectivity index (χ1v) is 17.6. The minimum Gasteiger partial charge on any atom is -0.435 e. The van der Waals surface area contributed by atoms with Crippen LogP contribution in [0.2, 0.25) is 0 Å². The predicted molar refractivity (Wildman–Crippen MR) is 218 cm³/mol. The molecule has 244 valence electrons. The Morgan fingerprint density at radius 3 is 1.81 bits per heavy atom. The summed E-state index contributed by atoms with van der Waals surface area (Å²) in [7, 11) is 0. The number of rotatable bonds is 6. The number of oxazole rings is 1. The van der Waals surface area contributed by atoms with Gasteiger partial charge in [-0.1, -0.05) is 140 Å². The molecular formula is C49H32N2O. The molecule has 0 fully saturated rings. The zero-order chi connectivity index (χ0) is 34.4. The SMILES string of the molecule is c1ccc(-c2ccc(N(c3ccc4c(c3)c(-c3ccccc3)cc3ccc5nc(-c6ccccc6)oc5c34)c3cccc4ccccc34)cc2)cc1. The van der Waals surface area contributed by atoms with Gasteiger partial charge in [0.05, 0.1) is 5.69 Å². The van der Waals surface area contributed by atoms with Gasteiger partial charge >= 0.3 is 0 Å². The molecule has 0 saturated heterocycles. The predicted octanol–water partition coefficient (Wildman–Crippen LogP) is 13.8. The van der Waals surface area contributed by atoms with Crippen molar-refractivity contribution in [2.45, 2.75) is 0 Å². The third-order valence-electron chi connectivity index (χ3n) is 10.1. The first-order valence-electron chi connectivity index (χ1n) is 17.6. The summed E-state index contributed by atoms with van der Waals surface area (Å²) in [6.45, 7) is 0. The summed E-state index contributed by atoms with van der Waals surface area (Å²) in [5.74, 6) is 0.626. The Morgan fingerprint density at radius 1 is 0.404 bits per heavy atom. The van der Waals surface area contributed by atoms with Crippen molar-refractivity contribution < 1.29 is 4.42 Å². The van der Waals surface area contributed by atoms with Gasteiger partial charge in [0.25, 0.3) is 0 Å². The van der Waals surface area contributed by atoms with Gasteiger partial charge in [-0.15, -0.1) is 0 Å². The Labute approximate surface area is 301 Å². The van der Waals surface area contributed by atoms with Crippen LogP contribution >= 0.6 is 0 Å². The summed E-state index contributed by atoms with van der Waals surface area (Å²) in [6.07, 6.45) is 0. The maximum absolute atomic E-state index is 6.61. The van der Waals surface area contributed by atoms with E-state index < -0.39 is 0 Å². The molecule has 0 bridgehead atoms. The molecule has 0 saturated carbocycles. The molecule has 0 spiro atoms. The van der Waals surface area contributed by atoms with E-state index in [9.17, 15) is 0 Å². The molecule has 10 aromatic rings. The van der Waals surface area contributed by atoms with Crippen LogP contribution in [0.3, 0.4) is 0 Å². The van der Waals surface area contributed by atoms with Gasteiger partial charge in [0.1, 0.15) is 5.52 Å². The van der Waals surface area contributed by atoms with Gasteiger partial charge in [-0.2, -0.15) is 0 Å². The summed E-state index contributed by atoms with van der Waals surface area (Å²) < 4.78 is 6.61. The monoisotopic (exact) mass is 664 g/mol. The molecule has 52 heavy (non-hydrogen) atoms. The van der Waals surface area contributed by atoms with Crippen molar-refractivity contribution >= 4 is 60.5 Å². The third-order valence-corrected chi connectivity index (χ3v) is 10.1. The van der Waals surface area contributed by atoms with Gasteiger partial charge in [-0.3, -0.25) is 0 Å². The molecule has 0 unspecified atom stereocenters. The van der Waals surface area contributed by atoms with Crippen LogP contribution < -0.4 is 4.90 Å². The first kappa shape index (κ1) is 29.9. The Kier molecular flexibility index (Phi) is 7.14. The number of hydrogen-bond acceptors (Lipinski definition) is 3. The van der Waals surface area contributed by atoms with Gasteiger partial charge in [-0.25, -0.2) is 4.98 Å². The second kappa shape index (κ2) is 12.4. The summed E-state index contributed by atoms with van der Waals surface area (Å²) in [5.41, 5.74) is 10.6. The van der Waals surface area contributed by atoms with E-state index in [-0.39, 0.29) is 0 Å². The molecule has 0 N–H and O–H groups in total. The van der Waals surface area contributed by atoms with Crippen molar-refractivity contribution in [3.8, 4) is 33.7 Å². The van der Waals surface area contributed by atoms with Crippen molar-refractivity contribution in [2.75, 3.05) is 4.90 Å². The average molecular weight is 665 g/mol.